The van der Waals surface area contributed by atoms with Crippen LogP contribution >= 0.6 is 11.6 Å². The fraction of sp³-hybridized carbons (Fsp3) is 0.286. The summed E-state index contributed by atoms with van der Waals surface area (Å²) in [4.78, 5) is 8.39. The van der Waals surface area contributed by atoms with Gasteiger partial charge in [-0.05, 0) is 26.0 Å². The first-order chi connectivity index (χ1) is 9.54. The molecule has 0 aromatic carbocycles. The highest BCUT2D eigenvalue weighted by atomic mass is 35.5. The Morgan fingerprint density at radius 1 is 1.40 bits per heavy atom. The maximum atomic E-state index is 5.86. The van der Waals surface area contributed by atoms with Gasteiger partial charge in [-0.1, -0.05) is 17.7 Å². The van der Waals surface area contributed by atoms with Gasteiger partial charge >= 0.3 is 0 Å². The maximum absolute atomic E-state index is 5.86. The first-order valence-electron chi connectivity index (χ1n) is 6.32. The van der Waals surface area contributed by atoms with Gasteiger partial charge in [-0.2, -0.15) is 0 Å². The van der Waals surface area contributed by atoms with Crippen LogP contribution in [0.4, 0.5) is 11.5 Å². The number of hydrogen-bond acceptors (Lipinski definition) is 5. The zero-order valence-electron chi connectivity index (χ0n) is 11.4. The van der Waals surface area contributed by atoms with Crippen LogP contribution in [0.2, 0.25) is 5.15 Å². The van der Waals surface area contributed by atoms with Crippen LogP contribution in [0, 0.1) is 0 Å². The molecule has 0 radical (unpaired) electrons. The number of nitrogens with zero attached hydrogens (tertiary/aromatic N) is 2. The van der Waals surface area contributed by atoms with Crippen LogP contribution in [-0.4, -0.2) is 16.1 Å². The molecule has 3 N–H and O–H groups in total. The molecule has 0 aliphatic carbocycles. The number of anilines is 2. The second-order valence-electron chi connectivity index (χ2n) is 4.60. The number of aromatic nitrogens is 2. The van der Waals surface area contributed by atoms with Crippen LogP contribution in [0.1, 0.15) is 19.4 Å². The summed E-state index contributed by atoms with van der Waals surface area (Å²) in [5.74, 6) is 1.24. The monoisotopic (exact) mass is 292 g/mol. The van der Waals surface area contributed by atoms with Crippen LogP contribution in [0.25, 0.3) is 0 Å². The third-order valence-corrected chi connectivity index (χ3v) is 2.67. The van der Waals surface area contributed by atoms with Crippen LogP contribution in [0.5, 0.6) is 5.88 Å². The van der Waals surface area contributed by atoms with Crippen molar-refractivity contribution >= 4 is 23.1 Å². The topological polar surface area (TPSA) is 73.1 Å². The molecular formula is C14H17ClN4O. The molecule has 0 bridgehead atoms. The Morgan fingerprint density at radius 2 is 2.20 bits per heavy atom. The number of ether oxygens (including phenoxy) is 1. The van der Waals surface area contributed by atoms with E-state index in [9.17, 15) is 0 Å². The molecule has 0 saturated carbocycles. The summed E-state index contributed by atoms with van der Waals surface area (Å²) in [7, 11) is 0. The van der Waals surface area contributed by atoms with Gasteiger partial charge in [0.2, 0.25) is 5.88 Å². The number of nitrogens with two attached hydrogens (primary N) is 1. The van der Waals surface area contributed by atoms with E-state index in [4.69, 9.17) is 22.1 Å². The molecule has 0 fully saturated rings. The number of nitrogens with one attached hydrogen (secondary N) is 1. The predicted octanol–water partition coefficient (Wildman–Crippen LogP) is 3.11. The first-order valence-corrected chi connectivity index (χ1v) is 6.70. The molecule has 106 valence electrons. The minimum Gasteiger partial charge on any atom is -0.475 e. The van der Waals surface area contributed by atoms with Gasteiger partial charge in [0.05, 0.1) is 6.10 Å². The molecule has 0 unspecified atom stereocenters. The number of hydrogen-bond donors (Lipinski definition) is 2. The van der Waals surface area contributed by atoms with Crippen molar-refractivity contribution in [1.29, 1.82) is 0 Å². The fourth-order valence-electron chi connectivity index (χ4n) is 1.68. The Balaban J connectivity index is 2.10. The first kappa shape index (κ1) is 14.4. The molecule has 5 nitrogen and oxygen atoms in total. The van der Waals surface area contributed by atoms with Gasteiger partial charge in [-0.15, -0.1) is 0 Å². The van der Waals surface area contributed by atoms with Crippen LogP contribution in [0.3, 0.4) is 0 Å². The van der Waals surface area contributed by atoms with E-state index in [2.05, 4.69) is 15.3 Å². The Bertz CT molecular complexity index is 569. The molecule has 0 amide bonds. The van der Waals surface area contributed by atoms with Crippen molar-refractivity contribution in [3.8, 4) is 5.88 Å². The molecule has 0 atom stereocenters. The quantitative estimate of drug-likeness (QED) is 0.828. The lowest BCUT2D eigenvalue weighted by molar-refractivity contribution is 0.230. The summed E-state index contributed by atoms with van der Waals surface area (Å²) in [5.41, 5.74) is 7.24. The van der Waals surface area contributed by atoms with Crippen molar-refractivity contribution < 1.29 is 4.74 Å². The maximum Gasteiger partial charge on any atom is 0.218 e. The SMILES string of the molecule is CC(C)Oc1ncccc1CNc1cc(N)cc(Cl)n1. The second-order valence-corrected chi connectivity index (χ2v) is 4.98. The van der Waals surface area contributed by atoms with Gasteiger partial charge in [0.15, 0.2) is 0 Å². The molecule has 6 heteroatoms. The van der Waals surface area contributed by atoms with E-state index in [0.29, 0.717) is 29.1 Å². The summed E-state index contributed by atoms with van der Waals surface area (Å²) in [6, 6.07) is 7.14. The van der Waals surface area contributed by atoms with Gasteiger partial charge in [0, 0.05) is 30.1 Å². The van der Waals surface area contributed by atoms with E-state index in [0.717, 1.165) is 5.56 Å². The van der Waals surface area contributed by atoms with Gasteiger partial charge in [0.25, 0.3) is 0 Å². The summed E-state index contributed by atoms with van der Waals surface area (Å²) in [6.07, 6.45) is 1.78. The standard InChI is InChI=1S/C14H17ClN4O/c1-9(2)20-14-10(4-3-5-17-14)8-18-13-7-11(16)6-12(15)19-13/h3-7,9H,8H2,1-2H3,(H3,16,18,19). The highest BCUT2D eigenvalue weighted by molar-refractivity contribution is 6.29. The molecule has 2 aromatic heterocycles. The Labute approximate surface area is 123 Å². The zero-order valence-corrected chi connectivity index (χ0v) is 12.2. The van der Waals surface area contributed by atoms with Gasteiger partial charge < -0.3 is 15.8 Å². The Morgan fingerprint density at radius 3 is 2.90 bits per heavy atom. The van der Waals surface area contributed by atoms with E-state index < -0.39 is 0 Å². The summed E-state index contributed by atoms with van der Waals surface area (Å²) in [5, 5.41) is 3.52. The molecule has 0 saturated heterocycles. The smallest absolute Gasteiger partial charge is 0.218 e. The van der Waals surface area contributed by atoms with E-state index in [1.54, 1.807) is 18.3 Å². The predicted molar refractivity (Wildman–Crippen MR) is 81.0 cm³/mol. The molecule has 2 aromatic rings. The molecule has 0 spiro atoms. The Kier molecular flexibility index (Phi) is 4.63. The fourth-order valence-corrected chi connectivity index (χ4v) is 1.90. The summed E-state index contributed by atoms with van der Waals surface area (Å²) >= 11 is 5.86. The third kappa shape index (κ3) is 3.99. The zero-order chi connectivity index (χ0) is 14.5. The minimum absolute atomic E-state index is 0.0728. The molecule has 0 aliphatic rings. The van der Waals surface area contributed by atoms with Gasteiger partial charge in [-0.25, -0.2) is 9.97 Å². The lowest BCUT2D eigenvalue weighted by Gasteiger charge is -2.13. The molecule has 2 heterocycles. The van der Waals surface area contributed by atoms with Crippen molar-refractivity contribution in [2.75, 3.05) is 11.1 Å². The molecular weight excluding hydrogens is 276 g/mol. The number of nitrogen functional groups attached to an aromatic ring is 1. The average molecular weight is 293 g/mol. The number of halogens is 1. The van der Waals surface area contributed by atoms with E-state index in [1.165, 1.54) is 0 Å². The Hall–Kier alpha value is -2.01. The van der Waals surface area contributed by atoms with Crippen molar-refractivity contribution in [3.05, 3.63) is 41.2 Å². The van der Waals surface area contributed by atoms with E-state index >= 15 is 0 Å². The summed E-state index contributed by atoms with van der Waals surface area (Å²) in [6.45, 7) is 4.46. The molecule has 0 aliphatic heterocycles. The van der Waals surface area contributed by atoms with Gasteiger partial charge in [0.1, 0.15) is 11.0 Å². The largest absolute Gasteiger partial charge is 0.475 e. The normalized spacial score (nSPS) is 10.6. The third-order valence-electron chi connectivity index (χ3n) is 2.47. The average Bonchev–Trinajstić information content (AvgIpc) is 2.36. The molecule has 20 heavy (non-hydrogen) atoms. The molecule has 2 rings (SSSR count). The van der Waals surface area contributed by atoms with E-state index in [1.807, 2.05) is 26.0 Å². The number of pyridine rings is 2. The lowest BCUT2D eigenvalue weighted by Crippen LogP contribution is -2.11. The second kappa shape index (κ2) is 6.43. The minimum atomic E-state index is 0.0728. The van der Waals surface area contributed by atoms with Gasteiger partial charge in [-0.3, -0.25) is 0 Å². The highest BCUT2D eigenvalue weighted by Crippen LogP contribution is 2.19. The van der Waals surface area contributed by atoms with Crippen LogP contribution < -0.4 is 15.8 Å². The van der Waals surface area contributed by atoms with Crippen molar-refractivity contribution in [2.24, 2.45) is 0 Å². The highest BCUT2D eigenvalue weighted by Gasteiger charge is 2.07. The van der Waals surface area contributed by atoms with Crippen LogP contribution in [-0.2, 0) is 6.54 Å². The van der Waals surface area contributed by atoms with Crippen molar-refractivity contribution in [1.82, 2.24) is 9.97 Å². The van der Waals surface area contributed by atoms with Crippen molar-refractivity contribution in [3.63, 3.8) is 0 Å². The summed E-state index contributed by atoms with van der Waals surface area (Å²) < 4.78 is 5.66. The lowest BCUT2D eigenvalue weighted by atomic mass is 10.2. The van der Waals surface area contributed by atoms with E-state index in [-0.39, 0.29) is 6.10 Å². The van der Waals surface area contributed by atoms with Crippen LogP contribution in [0.15, 0.2) is 30.5 Å². The van der Waals surface area contributed by atoms with Crippen molar-refractivity contribution in [2.45, 2.75) is 26.5 Å². The number of rotatable bonds is 5.